The molecule has 1 aromatic carbocycles. The lowest BCUT2D eigenvalue weighted by atomic mass is 10.1. The fourth-order valence-corrected chi connectivity index (χ4v) is 2.81. The summed E-state index contributed by atoms with van der Waals surface area (Å²) in [5, 5.41) is 12.0. The summed E-state index contributed by atoms with van der Waals surface area (Å²) in [7, 11) is 1.57. The van der Waals surface area contributed by atoms with Gasteiger partial charge in [0, 0.05) is 24.8 Å². The van der Waals surface area contributed by atoms with Gasteiger partial charge in [-0.1, -0.05) is 18.3 Å². The monoisotopic (exact) mass is 333 g/mol. The summed E-state index contributed by atoms with van der Waals surface area (Å²) in [6.07, 6.45) is 2.11. The highest BCUT2D eigenvalue weighted by molar-refractivity contribution is 7.15. The number of hydrogen-bond donors (Lipinski definition) is 1. The molecule has 1 aromatic heterocycles. The number of hydrogen-bond acceptors (Lipinski definition) is 6. The fourth-order valence-electron chi connectivity index (χ4n) is 1.95. The molecule has 7 heteroatoms. The number of ketones is 1. The van der Waals surface area contributed by atoms with Crippen LogP contribution in [0.1, 0.15) is 41.6 Å². The van der Waals surface area contributed by atoms with Crippen molar-refractivity contribution in [1.29, 1.82) is 0 Å². The Kier molecular flexibility index (Phi) is 6.22. The minimum atomic E-state index is -0.230. The van der Waals surface area contributed by atoms with Crippen LogP contribution in [0.15, 0.2) is 24.3 Å². The molecule has 0 saturated heterocycles. The molecule has 23 heavy (non-hydrogen) atoms. The highest BCUT2D eigenvalue weighted by Gasteiger charge is 2.11. The van der Waals surface area contributed by atoms with Gasteiger partial charge < -0.3 is 10.1 Å². The van der Waals surface area contributed by atoms with E-state index >= 15 is 0 Å². The molecule has 0 atom stereocenters. The average molecular weight is 333 g/mol. The van der Waals surface area contributed by atoms with Crippen LogP contribution in [-0.2, 0) is 11.2 Å². The molecule has 0 aliphatic carbocycles. The fraction of sp³-hybridized carbons (Fsp3) is 0.375. The van der Waals surface area contributed by atoms with Gasteiger partial charge in [-0.05, 0) is 30.7 Å². The molecule has 1 N–H and O–H groups in total. The molecule has 6 nitrogen and oxygen atoms in total. The van der Waals surface area contributed by atoms with Gasteiger partial charge in [-0.2, -0.15) is 0 Å². The Morgan fingerprint density at radius 3 is 2.57 bits per heavy atom. The second kappa shape index (κ2) is 8.38. The maximum absolute atomic E-state index is 12.0. The largest absolute Gasteiger partial charge is 0.497 e. The molecule has 0 saturated carbocycles. The van der Waals surface area contributed by atoms with Crippen LogP contribution in [0.5, 0.6) is 5.75 Å². The van der Waals surface area contributed by atoms with Gasteiger partial charge in [-0.15, -0.1) is 10.2 Å². The lowest BCUT2D eigenvalue weighted by molar-refractivity contribution is -0.116. The zero-order chi connectivity index (χ0) is 16.7. The topological polar surface area (TPSA) is 81.2 Å². The van der Waals surface area contributed by atoms with Gasteiger partial charge in [-0.3, -0.25) is 9.59 Å². The third-order valence-corrected chi connectivity index (χ3v) is 4.07. The number of aryl methyl sites for hydroxylation is 1. The van der Waals surface area contributed by atoms with Crippen molar-refractivity contribution in [1.82, 2.24) is 10.2 Å². The number of amides is 1. The summed E-state index contributed by atoms with van der Waals surface area (Å²) in [4.78, 5) is 23.9. The number of anilines is 1. The molecule has 1 amide bonds. The van der Waals surface area contributed by atoms with E-state index in [9.17, 15) is 9.59 Å². The van der Waals surface area contributed by atoms with Crippen LogP contribution in [-0.4, -0.2) is 29.0 Å². The number of carbonyl (C=O) groups excluding carboxylic acids is 2. The number of carbonyl (C=O) groups is 2. The highest BCUT2D eigenvalue weighted by atomic mass is 32.1. The van der Waals surface area contributed by atoms with Crippen molar-refractivity contribution < 1.29 is 14.3 Å². The van der Waals surface area contributed by atoms with E-state index in [-0.39, 0.29) is 24.5 Å². The van der Waals surface area contributed by atoms with Crippen LogP contribution in [0.3, 0.4) is 0 Å². The zero-order valence-corrected chi connectivity index (χ0v) is 14.0. The number of benzene rings is 1. The standard InChI is InChI=1S/C16H19N3O3S/c1-3-4-15-18-19-16(23-15)17-14(21)10-9-13(20)11-5-7-12(22-2)8-6-11/h5-8H,3-4,9-10H2,1-2H3,(H,17,19,21). The Morgan fingerprint density at radius 1 is 1.17 bits per heavy atom. The number of rotatable bonds is 8. The molecule has 0 aliphatic heterocycles. The lowest BCUT2D eigenvalue weighted by Gasteiger charge is -2.03. The van der Waals surface area contributed by atoms with E-state index < -0.39 is 0 Å². The third-order valence-electron chi connectivity index (χ3n) is 3.17. The Labute approximate surface area is 138 Å². The van der Waals surface area contributed by atoms with E-state index in [0.717, 1.165) is 17.8 Å². The summed E-state index contributed by atoms with van der Waals surface area (Å²) < 4.78 is 5.05. The molecule has 122 valence electrons. The molecule has 2 rings (SSSR count). The van der Waals surface area contributed by atoms with Crippen LogP contribution in [0.2, 0.25) is 0 Å². The first kappa shape index (κ1) is 17.1. The molecular formula is C16H19N3O3S. The van der Waals surface area contributed by atoms with Gasteiger partial charge in [0.1, 0.15) is 10.8 Å². The van der Waals surface area contributed by atoms with E-state index in [1.807, 2.05) is 0 Å². The van der Waals surface area contributed by atoms with Gasteiger partial charge >= 0.3 is 0 Å². The predicted molar refractivity (Wildman–Crippen MR) is 89.1 cm³/mol. The second-order valence-corrected chi connectivity index (χ2v) is 6.01. The highest BCUT2D eigenvalue weighted by Crippen LogP contribution is 2.17. The Balaban J connectivity index is 1.81. The summed E-state index contributed by atoms with van der Waals surface area (Å²) in [5.74, 6) is 0.385. The van der Waals surface area contributed by atoms with Gasteiger partial charge in [0.25, 0.3) is 0 Å². The van der Waals surface area contributed by atoms with Crippen molar-refractivity contribution in [3.63, 3.8) is 0 Å². The summed E-state index contributed by atoms with van der Waals surface area (Å²) >= 11 is 1.37. The first-order valence-electron chi connectivity index (χ1n) is 7.42. The average Bonchev–Trinajstić information content (AvgIpc) is 3.00. The SMILES string of the molecule is CCCc1nnc(NC(=O)CCC(=O)c2ccc(OC)cc2)s1. The van der Waals surface area contributed by atoms with E-state index in [2.05, 4.69) is 22.4 Å². The first-order chi connectivity index (χ1) is 11.1. The smallest absolute Gasteiger partial charge is 0.226 e. The predicted octanol–water partition coefficient (Wildman–Crippen LogP) is 3.10. The number of nitrogens with one attached hydrogen (secondary N) is 1. The Hall–Kier alpha value is -2.28. The first-order valence-corrected chi connectivity index (χ1v) is 8.23. The van der Waals surface area contributed by atoms with Crippen LogP contribution >= 0.6 is 11.3 Å². The zero-order valence-electron chi connectivity index (χ0n) is 13.2. The number of methoxy groups -OCH3 is 1. The summed E-state index contributed by atoms with van der Waals surface area (Å²) in [5.41, 5.74) is 0.569. The van der Waals surface area contributed by atoms with Gasteiger partial charge in [0.15, 0.2) is 5.78 Å². The van der Waals surface area contributed by atoms with Crippen molar-refractivity contribution in [3.05, 3.63) is 34.8 Å². The van der Waals surface area contributed by atoms with Crippen molar-refractivity contribution in [2.75, 3.05) is 12.4 Å². The molecule has 0 spiro atoms. The number of nitrogens with zero attached hydrogens (tertiary/aromatic N) is 2. The van der Waals surface area contributed by atoms with Crippen LogP contribution < -0.4 is 10.1 Å². The molecule has 1 heterocycles. The number of Topliss-reactive ketones (excluding diaryl/α,β-unsaturated/α-hetero) is 1. The minimum absolute atomic E-state index is 0.0771. The summed E-state index contributed by atoms with van der Waals surface area (Å²) in [6, 6.07) is 6.84. The number of aromatic nitrogens is 2. The van der Waals surface area contributed by atoms with E-state index in [0.29, 0.717) is 16.4 Å². The normalized spacial score (nSPS) is 10.3. The minimum Gasteiger partial charge on any atom is -0.497 e. The maximum Gasteiger partial charge on any atom is 0.226 e. The third kappa shape index (κ3) is 5.14. The van der Waals surface area contributed by atoms with Crippen LogP contribution in [0, 0.1) is 0 Å². The quantitative estimate of drug-likeness (QED) is 0.751. The van der Waals surface area contributed by atoms with E-state index in [1.165, 1.54) is 11.3 Å². The number of ether oxygens (including phenoxy) is 1. The van der Waals surface area contributed by atoms with Crippen molar-refractivity contribution >= 4 is 28.2 Å². The van der Waals surface area contributed by atoms with Crippen LogP contribution in [0.25, 0.3) is 0 Å². The van der Waals surface area contributed by atoms with Gasteiger partial charge in [0.2, 0.25) is 11.0 Å². The molecule has 0 aliphatic rings. The molecule has 0 bridgehead atoms. The second-order valence-electron chi connectivity index (χ2n) is 4.95. The van der Waals surface area contributed by atoms with E-state index in [1.54, 1.807) is 31.4 Å². The maximum atomic E-state index is 12.0. The molecular weight excluding hydrogens is 314 g/mol. The molecule has 0 unspecified atom stereocenters. The van der Waals surface area contributed by atoms with E-state index in [4.69, 9.17) is 4.74 Å². The van der Waals surface area contributed by atoms with Crippen molar-refractivity contribution in [2.24, 2.45) is 0 Å². The lowest BCUT2D eigenvalue weighted by Crippen LogP contribution is -2.13. The molecule has 0 radical (unpaired) electrons. The van der Waals surface area contributed by atoms with Crippen molar-refractivity contribution in [2.45, 2.75) is 32.6 Å². The van der Waals surface area contributed by atoms with Gasteiger partial charge in [0.05, 0.1) is 7.11 Å². The van der Waals surface area contributed by atoms with Crippen molar-refractivity contribution in [3.8, 4) is 5.75 Å². The molecule has 0 fully saturated rings. The Bertz CT molecular complexity index is 667. The van der Waals surface area contributed by atoms with Crippen LogP contribution in [0.4, 0.5) is 5.13 Å². The Morgan fingerprint density at radius 2 is 1.91 bits per heavy atom. The van der Waals surface area contributed by atoms with Gasteiger partial charge in [-0.25, -0.2) is 0 Å². The molecule has 2 aromatic rings. The summed E-state index contributed by atoms with van der Waals surface area (Å²) in [6.45, 7) is 2.06.